The van der Waals surface area contributed by atoms with E-state index in [0.717, 1.165) is 11.3 Å². The van der Waals surface area contributed by atoms with Crippen LogP contribution in [0.1, 0.15) is 37.6 Å². The summed E-state index contributed by atoms with van der Waals surface area (Å²) in [6, 6.07) is 3.76. The summed E-state index contributed by atoms with van der Waals surface area (Å²) in [5.74, 6) is -0.0492. The largest absolute Gasteiger partial charge is 0.347 e. The Bertz CT molecular complexity index is 542. The van der Waals surface area contributed by atoms with Crippen LogP contribution in [-0.4, -0.2) is 35.3 Å². The van der Waals surface area contributed by atoms with Crippen molar-refractivity contribution in [3.63, 3.8) is 0 Å². The number of nitrogens with zero attached hydrogens (tertiary/aromatic N) is 2. The predicted molar refractivity (Wildman–Crippen MR) is 80.4 cm³/mol. The van der Waals surface area contributed by atoms with Gasteiger partial charge in [0.15, 0.2) is 0 Å². The van der Waals surface area contributed by atoms with Crippen LogP contribution in [0.3, 0.4) is 0 Å². The highest BCUT2D eigenvalue weighted by atomic mass is 16.2. The number of amides is 2. The maximum atomic E-state index is 12.4. The van der Waals surface area contributed by atoms with Gasteiger partial charge in [-0.2, -0.15) is 0 Å². The van der Waals surface area contributed by atoms with E-state index in [1.54, 1.807) is 18.1 Å². The lowest BCUT2D eigenvalue weighted by Crippen LogP contribution is -2.37. The van der Waals surface area contributed by atoms with E-state index in [9.17, 15) is 9.59 Å². The average molecular weight is 289 g/mol. The first-order valence-corrected chi connectivity index (χ1v) is 7.36. The highest BCUT2D eigenvalue weighted by Crippen LogP contribution is 2.24. The second-order valence-electron chi connectivity index (χ2n) is 6.11. The fourth-order valence-corrected chi connectivity index (χ4v) is 2.68. The first-order valence-electron chi connectivity index (χ1n) is 7.36. The van der Waals surface area contributed by atoms with E-state index in [1.165, 1.54) is 0 Å². The molecule has 0 aromatic carbocycles. The lowest BCUT2D eigenvalue weighted by atomic mass is 9.96. The van der Waals surface area contributed by atoms with Gasteiger partial charge in [0.2, 0.25) is 11.8 Å². The standard InChI is InChI=1S/C16H23N3O2/c1-10(2)14(15-11(3)6-5-7-17-15)18-16(21)12-8-13(20)19(4)9-12/h5-7,10,12,14H,8-9H2,1-4H3,(H,18,21)/t12-,14+/m0/s1. The third kappa shape index (κ3) is 3.40. The van der Waals surface area contributed by atoms with Crippen LogP contribution in [0, 0.1) is 18.8 Å². The van der Waals surface area contributed by atoms with Crippen LogP contribution in [0.2, 0.25) is 0 Å². The summed E-state index contributed by atoms with van der Waals surface area (Å²) in [6.45, 7) is 6.61. The van der Waals surface area contributed by atoms with Crippen LogP contribution >= 0.6 is 0 Å². The Kier molecular flexibility index (Phi) is 4.60. The number of rotatable bonds is 4. The quantitative estimate of drug-likeness (QED) is 0.917. The molecular weight excluding hydrogens is 266 g/mol. The first kappa shape index (κ1) is 15.5. The molecule has 1 saturated heterocycles. The van der Waals surface area contributed by atoms with Crippen LogP contribution in [0.5, 0.6) is 0 Å². The molecule has 1 aromatic rings. The van der Waals surface area contributed by atoms with Gasteiger partial charge in [0, 0.05) is 26.2 Å². The van der Waals surface area contributed by atoms with Gasteiger partial charge in [-0.1, -0.05) is 19.9 Å². The maximum absolute atomic E-state index is 12.4. The van der Waals surface area contributed by atoms with Crippen molar-refractivity contribution in [3.8, 4) is 0 Å². The van der Waals surface area contributed by atoms with E-state index in [0.29, 0.717) is 13.0 Å². The SMILES string of the molecule is Cc1cccnc1[C@H](NC(=O)[C@H]1CC(=O)N(C)C1)C(C)C. The normalized spacial score (nSPS) is 20.0. The molecule has 114 valence electrons. The molecule has 2 heterocycles. The number of aryl methyl sites for hydroxylation is 1. The second kappa shape index (κ2) is 6.24. The molecule has 1 aliphatic rings. The maximum Gasteiger partial charge on any atom is 0.225 e. The zero-order valence-corrected chi connectivity index (χ0v) is 13.1. The lowest BCUT2D eigenvalue weighted by Gasteiger charge is -2.24. The molecule has 21 heavy (non-hydrogen) atoms. The predicted octanol–water partition coefficient (Wildman–Crippen LogP) is 1.68. The topological polar surface area (TPSA) is 62.3 Å². The van der Waals surface area contributed by atoms with E-state index >= 15 is 0 Å². The number of carbonyl (C=O) groups excluding carboxylic acids is 2. The monoisotopic (exact) mass is 289 g/mol. The van der Waals surface area contributed by atoms with Gasteiger partial charge in [0.1, 0.15) is 0 Å². The molecular formula is C16H23N3O2. The minimum atomic E-state index is -0.257. The van der Waals surface area contributed by atoms with Gasteiger partial charge >= 0.3 is 0 Å². The van der Waals surface area contributed by atoms with Crippen molar-refractivity contribution in [1.29, 1.82) is 0 Å². The van der Waals surface area contributed by atoms with Gasteiger partial charge in [0.25, 0.3) is 0 Å². The highest BCUT2D eigenvalue weighted by molar-refractivity contribution is 5.89. The van der Waals surface area contributed by atoms with Crippen molar-refractivity contribution >= 4 is 11.8 Å². The molecule has 1 aliphatic heterocycles. The zero-order chi connectivity index (χ0) is 15.6. The Morgan fingerprint density at radius 3 is 2.71 bits per heavy atom. The molecule has 0 spiro atoms. The van der Waals surface area contributed by atoms with Crippen LogP contribution < -0.4 is 5.32 Å². The second-order valence-corrected chi connectivity index (χ2v) is 6.11. The van der Waals surface area contributed by atoms with E-state index in [2.05, 4.69) is 24.1 Å². The Labute approximate surface area is 125 Å². The van der Waals surface area contributed by atoms with Crippen molar-refractivity contribution in [1.82, 2.24) is 15.2 Å². The molecule has 1 fully saturated rings. The van der Waals surface area contributed by atoms with Crippen molar-refractivity contribution in [2.24, 2.45) is 11.8 Å². The smallest absolute Gasteiger partial charge is 0.225 e. The van der Waals surface area contributed by atoms with Gasteiger partial charge in [-0.3, -0.25) is 14.6 Å². The molecule has 2 rings (SSSR count). The minimum Gasteiger partial charge on any atom is -0.347 e. The number of carbonyl (C=O) groups is 2. The number of nitrogens with one attached hydrogen (secondary N) is 1. The summed E-state index contributed by atoms with van der Waals surface area (Å²) in [5, 5.41) is 3.08. The molecule has 0 aliphatic carbocycles. The summed E-state index contributed by atoms with van der Waals surface area (Å²) in [5.41, 5.74) is 1.97. The zero-order valence-electron chi connectivity index (χ0n) is 13.1. The van der Waals surface area contributed by atoms with Gasteiger partial charge in [0.05, 0.1) is 17.7 Å². The van der Waals surface area contributed by atoms with Gasteiger partial charge in [-0.15, -0.1) is 0 Å². The third-order valence-corrected chi connectivity index (χ3v) is 4.02. The number of hydrogen-bond donors (Lipinski definition) is 1. The fraction of sp³-hybridized carbons (Fsp3) is 0.562. The molecule has 0 saturated carbocycles. The highest BCUT2D eigenvalue weighted by Gasteiger charge is 2.34. The van der Waals surface area contributed by atoms with E-state index < -0.39 is 0 Å². The van der Waals surface area contributed by atoms with Gasteiger partial charge < -0.3 is 10.2 Å². The van der Waals surface area contributed by atoms with Gasteiger partial charge in [-0.05, 0) is 24.5 Å². The Morgan fingerprint density at radius 2 is 2.19 bits per heavy atom. The number of likely N-dealkylation sites (tertiary alicyclic amines) is 1. The van der Waals surface area contributed by atoms with Crippen molar-refractivity contribution < 1.29 is 9.59 Å². The molecule has 2 atom stereocenters. The molecule has 1 aromatic heterocycles. The van der Waals surface area contributed by atoms with Crippen LogP contribution in [0.4, 0.5) is 0 Å². The number of pyridine rings is 1. The summed E-state index contributed by atoms with van der Waals surface area (Å²) in [7, 11) is 1.73. The first-order chi connectivity index (χ1) is 9.90. The van der Waals surface area contributed by atoms with E-state index in [1.807, 2.05) is 19.1 Å². The molecule has 0 bridgehead atoms. The number of hydrogen-bond acceptors (Lipinski definition) is 3. The molecule has 2 amide bonds. The Morgan fingerprint density at radius 1 is 1.48 bits per heavy atom. The Hall–Kier alpha value is -1.91. The molecule has 5 nitrogen and oxygen atoms in total. The summed E-state index contributed by atoms with van der Waals surface area (Å²) < 4.78 is 0. The minimum absolute atomic E-state index is 0.0327. The molecule has 0 unspecified atom stereocenters. The Balaban J connectivity index is 2.13. The van der Waals surface area contributed by atoms with Crippen molar-refractivity contribution in [2.75, 3.05) is 13.6 Å². The van der Waals surface area contributed by atoms with Crippen molar-refractivity contribution in [3.05, 3.63) is 29.6 Å². The van der Waals surface area contributed by atoms with Crippen LogP contribution in [0.25, 0.3) is 0 Å². The van der Waals surface area contributed by atoms with Gasteiger partial charge in [-0.25, -0.2) is 0 Å². The van der Waals surface area contributed by atoms with E-state index in [-0.39, 0.29) is 29.7 Å². The van der Waals surface area contributed by atoms with E-state index in [4.69, 9.17) is 0 Å². The molecule has 1 N–H and O–H groups in total. The molecule has 0 radical (unpaired) electrons. The summed E-state index contributed by atoms with van der Waals surface area (Å²) >= 11 is 0. The van der Waals surface area contributed by atoms with Crippen LogP contribution in [0.15, 0.2) is 18.3 Å². The summed E-state index contributed by atoms with van der Waals surface area (Å²) in [6.07, 6.45) is 2.05. The fourth-order valence-electron chi connectivity index (χ4n) is 2.68. The average Bonchev–Trinajstić information content (AvgIpc) is 2.76. The third-order valence-electron chi connectivity index (χ3n) is 4.02. The number of aromatic nitrogens is 1. The summed E-state index contributed by atoms with van der Waals surface area (Å²) in [4.78, 5) is 30.0. The molecule has 5 heteroatoms. The van der Waals surface area contributed by atoms with Crippen molar-refractivity contribution in [2.45, 2.75) is 33.2 Å². The lowest BCUT2D eigenvalue weighted by molar-refractivity contribution is -0.128. The van der Waals surface area contributed by atoms with Crippen LogP contribution in [-0.2, 0) is 9.59 Å².